The Morgan fingerprint density at radius 2 is 1.59 bits per heavy atom. The molecule has 3 aromatic rings. The van der Waals surface area contributed by atoms with E-state index in [4.69, 9.17) is 5.73 Å². The SMILES string of the molecule is NC(=NN=Cc1cc(C(F)(F)F)ccc1S(=O)(=O)c1ccccc1)SCc1ccccc1. The van der Waals surface area contributed by atoms with Gasteiger partial charge in [-0.25, -0.2) is 8.42 Å². The van der Waals surface area contributed by atoms with Gasteiger partial charge in [-0.05, 0) is 35.9 Å². The molecule has 0 amide bonds. The molecule has 0 spiro atoms. The normalized spacial score (nSPS) is 12.9. The average molecular weight is 478 g/mol. The van der Waals surface area contributed by atoms with Crippen LogP contribution in [-0.4, -0.2) is 19.8 Å². The summed E-state index contributed by atoms with van der Waals surface area (Å²) in [5, 5.41) is 7.59. The highest BCUT2D eigenvalue weighted by Crippen LogP contribution is 2.32. The predicted molar refractivity (Wildman–Crippen MR) is 120 cm³/mol. The fourth-order valence-electron chi connectivity index (χ4n) is 2.71. The maximum absolute atomic E-state index is 13.2. The lowest BCUT2D eigenvalue weighted by Gasteiger charge is -2.12. The molecule has 0 aliphatic rings. The zero-order valence-electron chi connectivity index (χ0n) is 16.5. The first-order valence-electron chi connectivity index (χ1n) is 9.22. The average Bonchev–Trinajstić information content (AvgIpc) is 2.78. The van der Waals surface area contributed by atoms with Crippen molar-refractivity contribution >= 4 is 33.0 Å². The van der Waals surface area contributed by atoms with Crippen molar-refractivity contribution in [1.29, 1.82) is 0 Å². The third-order valence-electron chi connectivity index (χ3n) is 4.26. The highest BCUT2D eigenvalue weighted by atomic mass is 32.2. The highest BCUT2D eigenvalue weighted by Gasteiger charge is 2.32. The molecule has 0 atom stereocenters. The number of thioether (sulfide) groups is 1. The van der Waals surface area contributed by atoms with E-state index in [0.29, 0.717) is 5.75 Å². The number of benzene rings is 3. The van der Waals surface area contributed by atoms with Gasteiger partial charge in [0.1, 0.15) is 0 Å². The third-order valence-corrected chi connectivity index (χ3v) is 6.96. The van der Waals surface area contributed by atoms with Crippen LogP contribution in [0.3, 0.4) is 0 Å². The van der Waals surface area contributed by atoms with Crippen LogP contribution in [0.2, 0.25) is 0 Å². The monoisotopic (exact) mass is 477 g/mol. The lowest BCUT2D eigenvalue weighted by Crippen LogP contribution is -2.10. The van der Waals surface area contributed by atoms with Crippen LogP contribution in [0.25, 0.3) is 0 Å². The van der Waals surface area contributed by atoms with E-state index >= 15 is 0 Å². The van der Waals surface area contributed by atoms with E-state index in [1.165, 1.54) is 36.0 Å². The number of alkyl halides is 3. The molecule has 0 aliphatic heterocycles. The van der Waals surface area contributed by atoms with Crippen molar-refractivity contribution in [2.75, 3.05) is 0 Å². The molecule has 0 heterocycles. The molecule has 0 aliphatic carbocycles. The summed E-state index contributed by atoms with van der Waals surface area (Å²) in [6.07, 6.45) is -3.69. The molecular weight excluding hydrogens is 459 g/mol. The zero-order chi connectivity index (χ0) is 23.2. The third kappa shape index (κ3) is 5.98. The molecule has 0 bridgehead atoms. The first kappa shape index (κ1) is 23.6. The lowest BCUT2D eigenvalue weighted by atomic mass is 10.1. The lowest BCUT2D eigenvalue weighted by molar-refractivity contribution is -0.137. The maximum atomic E-state index is 13.2. The van der Waals surface area contributed by atoms with Crippen LogP contribution in [0, 0.1) is 0 Å². The minimum Gasteiger partial charge on any atom is -0.377 e. The van der Waals surface area contributed by atoms with Crippen LogP contribution in [0.4, 0.5) is 13.2 Å². The number of halogens is 3. The molecule has 2 N–H and O–H groups in total. The number of nitrogens with two attached hydrogens (primary N) is 1. The number of rotatable bonds is 6. The van der Waals surface area contributed by atoms with E-state index in [1.807, 2.05) is 30.3 Å². The van der Waals surface area contributed by atoms with E-state index in [-0.39, 0.29) is 20.5 Å². The highest BCUT2D eigenvalue weighted by molar-refractivity contribution is 8.13. The van der Waals surface area contributed by atoms with Crippen molar-refractivity contribution in [3.05, 3.63) is 95.6 Å². The van der Waals surface area contributed by atoms with Crippen molar-refractivity contribution in [2.45, 2.75) is 21.7 Å². The predicted octanol–water partition coefficient (Wildman–Crippen LogP) is 5.12. The molecule has 3 aromatic carbocycles. The second-order valence-corrected chi connectivity index (χ2v) is 9.44. The number of nitrogens with zero attached hydrogens (tertiary/aromatic N) is 2. The molecule has 166 valence electrons. The van der Waals surface area contributed by atoms with Gasteiger partial charge in [0.2, 0.25) is 9.84 Å². The summed E-state index contributed by atoms with van der Waals surface area (Å²) in [4.78, 5) is -0.359. The van der Waals surface area contributed by atoms with Gasteiger partial charge in [0.15, 0.2) is 5.17 Å². The van der Waals surface area contributed by atoms with Crippen LogP contribution in [0.1, 0.15) is 16.7 Å². The van der Waals surface area contributed by atoms with Crippen molar-refractivity contribution in [2.24, 2.45) is 15.9 Å². The van der Waals surface area contributed by atoms with E-state index < -0.39 is 21.6 Å². The van der Waals surface area contributed by atoms with Gasteiger partial charge in [-0.1, -0.05) is 60.3 Å². The number of hydrogen-bond donors (Lipinski definition) is 1. The smallest absolute Gasteiger partial charge is 0.377 e. The Kier molecular flexibility index (Phi) is 7.37. The first-order valence-corrected chi connectivity index (χ1v) is 11.7. The van der Waals surface area contributed by atoms with Gasteiger partial charge in [-0.2, -0.15) is 18.3 Å². The van der Waals surface area contributed by atoms with E-state index in [0.717, 1.165) is 30.0 Å². The minimum absolute atomic E-state index is 0.0455. The standard InChI is InChI=1S/C22H18F3N3O2S2/c23-22(24,25)18-11-12-20(32(29,30)19-9-5-2-6-10-19)17(13-18)14-27-28-21(26)31-15-16-7-3-1-4-8-16/h1-14H,15H2,(H2,26,28). The summed E-state index contributed by atoms with van der Waals surface area (Å²) in [7, 11) is -4.07. The Hall–Kier alpha value is -3.11. The summed E-state index contributed by atoms with van der Waals surface area (Å²) in [6, 6.07) is 19.2. The molecule has 0 saturated heterocycles. The Morgan fingerprint density at radius 1 is 0.969 bits per heavy atom. The Balaban J connectivity index is 1.91. The molecule has 0 unspecified atom stereocenters. The van der Waals surface area contributed by atoms with E-state index in [2.05, 4.69) is 10.2 Å². The van der Waals surface area contributed by atoms with E-state index in [9.17, 15) is 21.6 Å². The van der Waals surface area contributed by atoms with Crippen molar-refractivity contribution in [3.63, 3.8) is 0 Å². The molecule has 5 nitrogen and oxygen atoms in total. The first-order chi connectivity index (χ1) is 15.2. The minimum atomic E-state index is -4.65. The van der Waals surface area contributed by atoms with Crippen LogP contribution in [0.15, 0.2) is 98.9 Å². The van der Waals surface area contributed by atoms with Gasteiger partial charge in [-0.3, -0.25) is 0 Å². The second-order valence-electron chi connectivity index (χ2n) is 6.52. The second kappa shape index (κ2) is 10.0. The topological polar surface area (TPSA) is 84.9 Å². The van der Waals surface area contributed by atoms with Crippen molar-refractivity contribution in [3.8, 4) is 0 Å². The van der Waals surface area contributed by atoms with Gasteiger partial charge < -0.3 is 5.73 Å². The molecule has 0 fully saturated rings. The number of sulfone groups is 1. The molecule has 0 radical (unpaired) electrons. The molecule has 32 heavy (non-hydrogen) atoms. The van der Waals surface area contributed by atoms with Crippen LogP contribution < -0.4 is 5.73 Å². The van der Waals surface area contributed by atoms with Gasteiger partial charge in [0, 0.05) is 11.3 Å². The summed E-state index contributed by atoms with van der Waals surface area (Å²) in [6.45, 7) is 0. The zero-order valence-corrected chi connectivity index (χ0v) is 18.2. The number of amidine groups is 1. The van der Waals surface area contributed by atoms with Gasteiger partial charge in [-0.15, -0.1) is 5.10 Å². The van der Waals surface area contributed by atoms with Crippen molar-refractivity contribution < 1.29 is 21.6 Å². The fourth-order valence-corrected chi connectivity index (χ4v) is 4.76. The molecule has 0 saturated carbocycles. The summed E-state index contributed by atoms with van der Waals surface area (Å²) >= 11 is 1.19. The quantitative estimate of drug-likeness (QED) is 0.303. The van der Waals surface area contributed by atoms with Crippen LogP contribution in [-0.2, 0) is 21.8 Å². The molecule has 0 aromatic heterocycles. The van der Waals surface area contributed by atoms with Crippen molar-refractivity contribution in [1.82, 2.24) is 0 Å². The van der Waals surface area contributed by atoms with Gasteiger partial charge >= 0.3 is 6.18 Å². The van der Waals surface area contributed by atoms with Gasteiger partial charge in [0.05, 0.1) is 21.6 Å². The molecule has 3 rings (SSSR count). The fraction of sp³-hybridized carbons (Fsp3) is 0.0909. The number of hydrogen-bond acceptors (Lipinski definition) is 5. The maximum Gasteiger partial charge on any atom is 0.416 e. The Labute approximate surface area is 187 Å². The molecular formula is C22H18F3N3O2S2. The summed E-state index contributed by atoms with van der Waals surface area (Å²) in [5.41, 5.74) is 5.57. The molecule has 10 heteroatoms. The Bertz CT molecular complexity index is 1230. The summed E-state index contributed by atoms with van der Waals surface area (Å²) < 4.78 is 65.5. The van der Waals surface area contributed by atoms with Crippen LogP contribution >= 0.6 is 11.8 Å². The Morgan fingerprint density at radius 3 is 2.22 bits per heavy atom. The summed E-state index contributed by atoms with van der Waals surface area (Å²) in [5.74, 6) is 0.531. The van der Waals surface area contributed by atoms with E-state index in [1.54, 1.807) is 6.07 Å². The van der Waals surface area contributed by atoms with Crippen LogP contribution in [0.5, 0.6) is 0 Å². The van der Waals surface area contributed by atoms with Gasteiger partial charge in [0.25, 0.3) is 0 Å². The largest absolute Gasteiger partial charge is 0.416 e.